The Balaban J connectivity index is 2.30. The normalized spacial score (nSPS) is 11.4. The summed E-state index contributed by atoms with van der Waals surface area (Å²) in [5.74, 6) is -2.02. The molecule has 0 aliphatic heterocycles. The minimum absolute atomic E-state index is 0.137. The van der Waals surface area contributed by atoms with Gasteiger partial charge in [0.1, 0.15) is 11.7 Å². The van der Waals surface area contributed by atoms with Crippen molar-refractivity contribution >= 4 is 11.5 Å². The van der Waals surface area contributed by atoms with E-state index in [9.17, 15) is 19.3 Å². The van der Waals surface area contributed by atoms with Gasteiger partial charge in [0.05, 0.1) is 11.0 Å². The number of non-ortho nitro benzene ring substituents is 1. The Labute approximate surface area is 119 Å². The van der Waals surface area contributed by atoms with Crippen LogP contribution in [0.1, 0.15) is 21.8 Å². The van der Waals surface area contributed by atoms with Gasteiger partial charge in [-0.25, -0.2) is 4.39 Å². The first-order chi connectivity index (χ1) is 10.0. The molecule has 0 saturated carbocycles. The number of nitro benzene ring substituents is 1. The van der Waals surface area contributed by atoms with E-state index in [0.717, 1.165) is 0 Å². The van der Waals surface area contributed by atoms with Crippen LogP contribution in [0.3, 0.4) is 0 Å². The van der Waals surface area contributed by atoms with Crippen LogP contribution in [-0.4, -0.2) is 10.7 Å². The van der Waals surface area contributed by atoms with E-state index in [1.54, 1.807) is 0 Å². The fourth-order valence-electron chi connectivity index (χ4n) is 1.85. The molecule has 0 aromatic heterocycles. The number of rotatable bonds is 4. The summed E-state index contributed by atoms with van der Waals surface area (Å²) in [5.41, 5.74) is 0.431. The number of hydrogen-bond donors (Lipinski definition) is 0. The van der Waals surface area contributed by atoms with Crippen molar-refractivity contribution < 1.29 is 14.1 Å². The Morgan fingerprint density at radius 2 is 1.71 bits per heavy atom. The Morgan fingerprint density at radius 3 is 2.19 bits per heavy atom. The molecule has 0 spiro atoms. The Kier molecular flexibility index (Phi) is 4.05. The van der Waals surface area contributed by atoms with Crippen molar-refractivity contribution in [3.8, 4) is 6.07 Å². The zero-order chi connectivity index (χ0) is 15.4. The van der Waals surface area contributed by atoms with Crippen LogP contribution in [-0.2, 0) is 0 Å². The quantitative estimate of drug-likeness (QED) is 0.490. The first-order valence-electron chi connectivity index (χ1n) is 5.96. The van der Waals surface area contributed by atoms with Crippen LogP contribution in [0.4, 0.5) is 10.1 Å². The fourth-order valence-corrected chi connectivity index (χ4v) is 1.85. The third-order valence-corrected chi connectivity index (χ3v) is 2.96. The minimum atomic E-state index is -1.08. The van der Waals surface area contributed by atoms with Gasteiger partial charge in [-0.15, -0.1) is 0 Å². The molecule has 2 aromatic carbocycles. The Hall–Kier alpha value is -3.07. The van der Waals surface area contributed by atoms with Gasteiger partial charge in [0, 0.05) is 17.7 Å². The second-order valence-corrected chi connectivity index (χ2v) is 4.28. The first kappa shape index (κ1) is 14.3. The van der Waals surface area contributed by atoms with Gasteiger partial charge < -0.3 is 0 Å². The average Bonchev–Trinajstić information content (AvgIpc) is 2.50. The number of nitro groups is 1. The predicted molar refractivity (Wildman–Crippen MR) is 72.2 cm³/mol. The number of nitrogens with zero attached hydrogens (tertiary/aromatic N) is 2. The van der Waals surface area contributed by atoms with E-state index in [4.69, 9.17) is 5.26 Å². The van der Waals surface area contributed by atoms with Crippen molar-refractivity contribution in [2.24, 2.45) is 0 Å². The maximum Gasteiger partial charge on any atom is 0.269 e. The van der Waals surface area contributed by atoms with Crippen molar-refractivity contribution in [1.82, 2.24) is 0 Å². The van der Waals surface area contributed by atoms with Crippen molar-refractivity contribution in [1.29, 1.82) is 5.26 Å². The smallest absolute Gasteiger partial charge is 0.269 e. The van der Waals surface area contributed by atoms with E-state index in [0.29, 0.717) is 5.56 Å². The van der Waals surface area contributed by atoms with Crippen molar-refractivity contribution in [3.63, 3.8) is 0 Å². The van der Waals surface area contributed by atoms with Crippen LogP contribution < -0.4 is 0 Å². The number of halogens is 1. The number of carbonyl (C=O) groups excluding carboxylic acids is 1. The van der Waals surface area contributed by atoms with Gasteiger partial charge in [0.15, 0.2) is 5.78 Å². The number of benzene rings is 2. The molecule has 0 aliphatic rings. The first-order valence-corrected chi connectivity index (χ1v) is 5.96. The van der Waals surface area contributed by atoms with Gasteiger partial charge in [-0.2, -0.15) is 5.26 Å². The highest BCUT2D eigenvalue weighted by Gasteiger charge is 2.22. The third kappa shape index (κ3) is 3.09. The number of hydrogen-bond acceptors (Lipinski definition) is 4. The molecule has 1 unspecified atom stereocenters. The van der Waals surface area contributed by atoms with E-state index in [2.05, 4.69) is 0 Å². The number of nitriles is 1. The SMILES string of the molecule is N#CC(C(=O)c1ccc([N+](=O)[O-])cc1)c1ccc(F)cc1. The molecule has 2 aromatic rings. The lowest BCUT2D eigenvalue weighted by Crippen LogP contribution is -2.11. The van der Waals surface area contributed by atoms with Crippen LogP contribution in [0.15, 0.2) is 48.5 Å². The van der Waals surface area contributed by atoms with Crippen LogP contribution in [0, 0.1) is 27.3 Å². The summed E-state index contributed by atoms with van der Waals surface area (Å²) in [7, 11) is 0. The lowest BCUT2D eigenvalue weighted by atomic mass is 9.92. The highest BCUT2D eigenvalue weighted by molar-refractivity contribution is 6.02. The van der Waals surface area contributed by atoms with E-state index in [1.807, 2.05) is 6.07 Å². The molecule has 0 N–H and O–H groups in total. The number of Topliss-reactive ketones (excluding diaryl/α,β-unsaturated/α-hetero) is 1. The molecule has 0 heterocycles. The fraction of sp³-hybridized carbons (Fsp3) is 0.0667. The highest BCUT2D eigenvalue weighted by atomic mass is 19.1. The van der Waals surface area contributed by atoms with Gasteiger partial charge in [0.2, 0.25) is 0 Å². The van der Waals surface area contributed by atoms with Crippen LogP contribution in [0.2, 0.25) is 0 Å². The molecule has 0 amide bonds. The summed E-state index contributed by atoms with van der Waals surface area (Å²) in [6.45, 7) is 0. The summed E-state index contributed by atoms with van der Waals surface area (Å²) in [6, 6.07) is 11.9. The summed E-state index contributed by atoms with van der Waals surface area (Å²) in [4.78, 5) is 22.2. The molecule has 21 heavy (non-hydrogen) atoms. The molecular formula is C15H9FN2O3. The molecule has 104 valence electrons. The summed E-state index contributed by atoms with van der Waals surface area (Å²) < 4.78 is 12.9. The van der Waals surface area contributed by atoms with E-state index in [-0.39, 0.29) is 11.3 Å². The molecular weight excluding hydrogens is 275 g/mol. The minimum Gasteiger partial charge on any atom is -0.292 e. The molecule has 0 bridgehead atoms. The van der Waals surface area contributed by atoms with Gasteiger partial charge >= 0.3 is 0 Å². The molecule has 0 fully saturated rings. The van der Waals surface area contributed by atoms with E-state index < -0.39 is 22.4 Å². The summed E-state index contributed by atoms with van der Waals surface area (Å²) in [5, 5.41) is 19.7. The van der Waals surface area contributed by atoms with E-state index >= 15 is 0 Å². The van der Waals surface area contributed by atoms with Crippen LogP contribution in [0.25, 0.3) is 0 Å². The standard InChI is InChI=1S/C15H9FN2O3/c16-12-5-1-10(2-6-12)14(9-17)15(19)11-3-7-13(8-4-11)18(20)21/h1-8,14H. The lowest BCUT2D eigenvalue weighted by Gasteiger charge is -2.08. The Morgan fingerprint density at radius 1 is 1.14 bits per heavy atom. The second kappa shape index (κ2) is 5.92. The molecule has 1 atom stereocenters. The van der Waals surface area contributed by atoms with Crippen molar-refractivity contribution in [3.05, 3.63) is 75.6 Å². The Bertz CT molecular complexity index is 718. The van der Waals surface area contributed by atoms with Crippen LogP contribution in [0.5, 0.6) is 0 Å². The van der Waals surface area contributed by atoms with E-state index in [1.165, 1.54) is 48.5 Å². The topological polar surface area (TPSA) is 84.0 Å². The van der Waals surface area contributed by atoms with Gasteiger partial charge in [-0.3, -0.25) is 14.9 Å². The molecule has 2 rings (SSSR count). The highest BCUT2D eigenvalue weighted by Crippen LogP contribution is 2.22. The lowest BCUT2D eigenvalue weighted by molar-refractivity contribution is -0.384. The summed E-state index contributed by atoms with van der Waals surface area (Å²) >= 11 is 0. The number of carbonyl (C=O) groups is 1. The second-order valence-electron chi connectivity index (χ2n) is 4.28. The van der Waals surface area contributed by atoms with Gasteiger partial charge in [-0.05, 0) is 29.8 Å². The maximum absolute atomic E-state index is 12.9. The van der Waals surface area contributed by atoms with Crippen molar-refractivity contribution in [2.45, 2.75) is 5.92 Å². The zero-order valence-corrected chi connectivity index (χ0v) is 10.7. The maximum atomic E-state index is 12.9. The number of ketones is 1. The van der Waals surface area contributed by atoms with Gasteiger partial charge in [0.25, 0.3) is 5.69 Å². The zero-order valence-electron chi connectivity index (χ0n) is 10.7. The molecule has 0 saturated heterocycles. The molecule has 0 aliphatic carbocycles. The summed E-state index contributed by atoms with van der Waals surface area (Å²) in [6.07, 6.45) is 0. The van der Waals surface area contributed by atoms with Crippen molar-refractivity contribution in [2.75, 3.05) is 0 Å². The molecule has 5 nitrogen and oxygen atoms in total. The predicted octanol–water partition coefficient (Wildman–Crippen LogP) is 3.22. The van der Waals surface area contributed by atoms with Gasteiger partial charge in [-0.1, -0.05) is 12.1 Å². The van der Waals surface area contributed by atoms with Crippen LogP contribution >= 0.6 is 0 Å². The molecule has 6 heteroatoms. The monoisotopic (exact) mass is 284 g/mol. The third-order valence-electron chi connectivity index (χ3n) is 2.96. The average molecular weight is 284 g/mol. The largest absolute Gasteiger partial charge is 0.292 e. The molecule has 0 radical (unpaired) electrons.